The highest BCUT2D eigenvalue weighted by molar-refractivity contribution is 7.92. The molecule has 1 fully saturated rings. The molecule has 0 saturated carbocycles. The molecule has 34 heavy (non-hydrogen) atoms. The van der Waals surface area contributed by atoms with Gasteiger partial charge >= 0.3 is 0 Å². The van der Waals surface area contributed by atoms with E-state index in [1.54, 1.807) is 29.2 Å². The lowest BCUT2D eigenvalue weighted by atomic mass is 10.2. The van der Waals surface area contributed by atoms with Crippen molar-refractivity contribution in [3.63, 3.8) is 0 Å². The van der Waals surface area contributed by atoms with E-state index in [0.717, 1.165) is 61.5 Å². The standard InChI is InChI=1S/C25H31N3O4S2/c1-3-20-7-10-22-23(17-20)33-25(26-22)28(12-4-11-27-13-15-32-16-14-27)24(29)18-34(30,31)21-8-5-19(2)6-9-21/h5-10,17H,3-4,11-16,18H2,1-2H3. The Kier molecular flexibility index (Phi) is 7.98. The van der Waals surface area contributed by atoms with Crippen molar-refractivity contribution in [1.29, 1.82) is 0 Å². The summed E-state index contributed by atoms with van der Waals surface area (Å²) in [5.74, 6) is -1.03. The number of rotatable bonds is 9. The van der Waals surface area contributed by atoms with Crippen molar-refractivity contribution in [3.8, 4) is 0 Å². The number of morpholine rings is 1. The zero-order valence-corrected chi connectivity index (χ0v) is 21.3. The first-order valence-electron chi connectivity index (χ1n) is 11.6. The number of anilines is 1. The molecule has 182 valence electrons. The molecular formula is C25H31N3O4S2. The third-order valence-corrected chi connectivity index (χ3v) is 8.69. The number of carbonyl (C=O) groups is 1. The van der Waals surface area contributed by atoms with Crippen LogP contribution in [0.3, 0.4) is 0 Å². The Labute approximate surface area is 205 Å². The van der Waals surface area contributed by atoms with Gasteiger partial charge in [-0.2, -0.15) is 0 Å². The van der Waals surface area contributed by atoms with Gasteiger partial charge in [0.25, 0.3) is 0 Å². The lowest BCUT2D eigenvalue weighted by Crippen LogP contribution is -2.40. The number of hydrogen-bond donors (Lipinski definition) is 0. The first-order valence-corrected chi connectivity index (χ1v) is 14.1. The summed E-state index contributed by atoms with van der Waals surface area (Å²) in [4.78, 5) is 22.1. The molecule has 1 aliphatic rings. The molecule has 0 spiro atoms. The molecular weight excluding hydrogens is 470 g/mol. The number of carbonyl (C=O) groups excluding carboxylic acids is 1. The molecule has 1 saturated heterocycles. The maximum atomic E-state index is 13.4. The molecule has 0 radical (unpaired) electrons. The number of fused-ring (bicyclic) bond motifs is 1. The highest BCUT2D eigenvalue weighted by Crippen LogP contribution is 2.30. The van der Waals surface area contributed by atoms with Gasteiger partial charge < -0.3 is 4.74 Å². The summed E-state index contributed by atoms with van der Waals surface area (Å²) in [7, 11) is -3.76. The zero-order valence-electron chi connectivity index (χ0n) is 19.7. The van der Waals surface area contributed by atoms with Gasteiger partial charge in [-0.25, -0.2) is 13.4 Å². The molecule has 0 atom stereocenters. The van der Waals surface area contributed by atoms with E-state index in [1.165, 1.54) is 16.9 Å². The second-order valence-electron chi connectivity index (χ2n) is 8.58. The lowest BCUT2D eigenvalue weighted by molar-refractivity contribution is -0.116. The number of amides is 1. The lowest BCUT2D eigenvalue weighted by Gasteiger charge is -2.27. The van der Waals surface area contributed by atoms with Crippen LogP contribution in [0.25, 0.3) is 10.2 Å². The summed E-state index contributed by atoms with van der Waals surface area (Å²) >= 11 is 1.44. The maximum Gasteiger partial charge on any atom is 0.244 e. The fourth-order valence-corrected chi connectivity index (χ4v) is 6.24. The average molecular weight is 502 g/mol. The van der Waals surface area contributed by atoms with Crippen LogP contribution in [0.2, 0.25) is 0 Å². The first-order chi connectivity index (χ1) is 16.4. The molecule has 2 aromatic carbocycles. The highest BCUT2D eigenvalue weighted by Gasteiger charge is 2.26. The van der Waals surface area contributed by atoms with E-state index in [4.69, 9.17) is 4.74 Å². The monoisotopic (exact) mass is 501 g/mol. The summed E-state index contributed by atoms with van der Waals surface area (Å²) in [5, 5.41) is 0.550. The molecule has 7 nitrogen and oxygen atoms in total. The summed E-state index contributed by atoms with van der Waals surface area (Å²) in [6.45, 7) is 8.41. The average Bonchev–Trinajstić information content (AvgIpc) is 3.25. The van der Waals surface area contributed by atoms with Crippen molar-refractivity contribution in [2.24, 2.45) is 0 Å². The van der Waals surface area contributed by atoms with Crippen molar-refractivity contribution in [3.05, 3.63) is 53.6 Å². The molecule has 9 heteroatoms. The number of ether oxygens (including phenoxy) is 1. The summed E-state index contributed by atoms with van der Waals surface area (Å²) in [5.41, 5.74) is 3.00. The number of thiazole rings is 1. The van der Waals surface area contributed by atoms with Gasteiger partial charge in [0.15, 0.2) is 15.0 Å². The molecule has 1 amide bonds. The van der Waals surface area contributed by atoms with E-state index < -0.39 is 21.5 Å². The number of nitrogens with zero attached hydrogens (tertiary/aromatic N) is 3. The minimum Gasteiger partial charge on any atom is -0.379 e. The quantitative estimate of drug-likeness (QED) is 0.445. The molecule has 2 heterocycles. The summed E-state index contributed by atoms with van der Waals surface area (Å²) in [6, 6.07) is 12.7. The van der Waals surface area contributed by atoms with Gasteiger partial charge in [0, 0.05) is 26.2 Å². The van der Waals surface area contributed by atoms with Gasteiger partial charge in [0.05, 0.1) is 28.3 Å². The predicted molar refractivity (Wildman–Crippen MR) is 136 cm³/mol. The third kappa shape index (κ3) is 6.02. The first kappa shape index (κ1) is 24.8. The Hall–Kier alpha value is -2.33. The zero-order chi connectivity index (χ0) is 24.1. The number of benzene rings is 2. The van der Waals surface area contributed by atoms with Crippen LogP contribution in [0.1, 0.15) is 24.5 Å². The molecule has 0 aliphatic carbocycles. The van der Waals surface area contributed by atoms with Crippen molar-refractivity contribution in [2.45, 2.75) is 31.6 Å². The molecule has 1 aromatic heterocycles. The Morgan fingerprint density at radius 2 is 1.88 bits per heavy atom. The second-order valence-corrected chi connectivity index (χ2v) is 11.6. The number of aryl methyl sites for hydroxylation is 2. The van der Waals surface area contributed by atoms with Crippen LogP contribution in [0.4, 0.5) is 5.13 Å². The van der Waals surface area contributed by atoms with E-state index in [-0.39, 0.29) is 4.90 Å². The van der Waals surface area contributed by atoms with Gasteiger partial charge in [-0.05, 0) is 49.6 Å². The Balaban J connectivity index is 1.55. The maximum absolute atomic E-state index is 13.4. The minimum atomic E-state index is -3.76. The van der Waals surface area contributed by atoms with Crippen LogP contribution in [0.15, 0.2) is 47.4 Å². The molecule has 3 aromatic rings. The fourth-order valence-electron chi connectivity index (χ4n) is 3.97. The van der Waals surface area contributed by atoms with Gasteiger partial charge in [-0.15, -0.1) is 0 Å². The molecule has 4 rings (SSSR count). The van der Waals surface area contributed by atoms with Gasteiger partial charge in [-0.1, -0.05) is 42.0 Å². The van der Waals surface area contributed by atoms with E-state index in [0.29, 0.717) is 11.7 Å². The summed E-state index contributed by atoms with van der Waals surface area (Å²) < 4.78 is 32.4. The number of hydrogen-bond acceptors (Lipinski definition) is 7. The Morgan fingerprint density at radius 3 is 2.59 bits per heavy atom. The molecule has 0 bridgehead atoms. The van der Waals surface area contributed by atoms with Crippen LogP contribution < -0.4 is 4.90 Å². The van der Waals surface area contributed by atoms with Crippen molar-refractivity contribution in [1.82, 2.24) is 9.88 Å². The van der Waals surface area contributed by atoms with Crippen molar-refractivity contribution < 1.29 is 17.9 Å². The van der Waals surface area contributed by atoms with E-state index in [9.17, 15) is 13.2 Å². The number of sulfone groups is 1. The smallest absolute Gasteiger partial charge is 0.244 e. The molecule has 1 aliphatic heterocycles. The molecule has 0 N–H and O–H groups in total. The van der Waals surface area contributed by atoms with E-state index in [1.807, 2.05) is 19.1 Å². The van der Waals surface area contributed by atoms with E-state index >= 15 is 0 Å². The van der Waals surface area contributed by atoms with Crippen LogP contribution in [0, 0.1) is 6.92 Å². The Morgan fingerprint density at radius 1 is 1.15 bits per heavy atom. The van der Waals surface area contributed by atoms with Crippen molar-refractivity contribution in [2.75, 3.05) is 50.0 Å². The minimum absolute atomic E-state index is 0.164. The Bertz CT molecular complexity index is 1230. The normalized spacial score (nSPS) is 15.0. The van der Waals surface area contributed by atoms with Crippen LogP contribution >= 0.6 is 11.3 Å². The van der Waals surface area contributed by atoms with Crippen LogP contribution in [-0.4, -0.2) is 69.4 Å². The van der Waals surface area contributed by atoms with Gasteiger partial charge in [-0.3, -0.25) is 14.6 Å². The topological polar surface area (TPSA) is 79.8 Å². The van der Waals surface area contributed by atoms with Crippen molar-refractivity contribution >= 4 is 42.4 Å². The van der Waals surface area contributed by atoms with Gasteiger partial charge in [0.1, 0.15) is 5.75 Å². The largest absolute Gasteiger partial charge is 0.379 e. The number of aromatic nitrogens is 1. The predicted octanol–water partition coefficient (Wildman–Crippen LogP) is 3.70. The third-order valence-electron chi connectivity index (χ3n) is 6.04. The second kappa shape index (κ2) is 10.9. The van der Waals surface area contributed by atoms with Crippen LogP contribution in [0.5, 0.6) is 0 Å². The SMILES string of the molecule is CCc1ccc2nc(N(CCCN3CCOCC3)C(=O)CS(=O)(=O)c3ccc(C)cc3)sc2c1. The molecule has 0 unspecified atom stereocenters. The highest BCUT2D eigenvalue weighted by atomic mass is 32.2. The van der Waals surface area contributed by atoms with Crippen LogP contribution in [-0.2, 0) is 25.8 Å². The van der Waals surface area contributed by atoms with E-state index in [2.05, 4.69) is 22.9 Å². The summed E-state index contributed by atoms with van der Waals surface area (Å²) in [6.07, 6.45) is 1.65. The fraction of sp³-hybridized carbons (Fsp3) is 0.440. The van der Waals surface area contributed by atoms with Gasteiger partial charge in [0.2, 0.25) is 5.91 Å².